The summed E-state index contributed by atoms with van der Waals surface area (Å²) in [6.45, 7) is 7.57. The molecule has 0 fully saturated rings. The Bertz CT molecular complexity index is 550. The third kappa shape index (κ3) is 3.02. The monoisotopic (exact) mass is 276 g/mol. The molecular weight excluding hydrogens is 252 g/mol. The second-order valence-electron chi connectivity index (χ2n) is 4.93. The number of fused-ring (bicyclic) bond motifs is 1. The first-order valence-electron chi connectivity index (χ1n) is 7.45. The van der Waals surface area contributed by atoms with Crippen LogP contribution in [0.5, 0.6) is 0 Å². The van der Waals surface area contributed by atoms with E-state index in [1.54, 1.807) is 0 Å². The third-order valence-corrected chi connectivity index (χ3v) is 3.65. The molecular formula is C16H24N2O2. The van der Waals surface area contributed by atoms with Crippen molar-refractivity contribution >= 4 is 11.0 Å². The first-order chi connectivity index (χ1) is 9.71. The smallest absolute Gasteiger partial charge is 0.112 e. The van der Waals surface area contributed by atoms with Gasteiger partial charge in [-0.05, 0) is 32.4 Å². The van der Waals surface area contributed by atoms with Crippen molar-refractivity contribution in [2.75, 3.05) is 6.61 Å². The molecule has 2 aromatic rings. The van der Waals surface area contributed by atoms with E-state index in [0.29, 0.717) is 13.0 Å². The summed E-state index contributed by atoms with van der Waals surface area (Å²) in [5, 5.41) is 10.4. The number of imidazole rings is 1. The molecule has 0 aliphatic carbocycles. The van der Waals surface area contributed by atoms with E-state index < -0.39 is 6.10 Å². The minimum Gasteiger partial charge on any atom is -0.390 e. The Hall–Kier alpha value is -1.39. The van der Waals surface area contributed by atoms with E-state index in [1.165, 1.54) is 0 Å². The number of hydrogen-bond acceptors (Lipinski definition) is 3. The number of aromatic nitrogens is 2. The Kier molecular flexibility index (Phi) is 5.15. The fourth-order valence-electron chi connectivity index (χ4n) is 2.67. The molecule has 2 rings (SSSR count). The zero-order valence-electron chi connectivity index (χ0n) is 12.5. The summed E-state index contributed by atoms with van der Waals surface area (Å²) in [6.07, 6.45) is 0.703. The van der Waals surface area contributed by atoms with Crippen LogP contribution in [0.25, 0.3) is 11.0 Å². The molecule has 0 saturated carbocycles. The highest BCUT2D eigenvalue weighted by Gasteiger charge is 2.21. The number of nitrogens with zero attached hydrogens (tertiary/aromatic N) is 2. The van der Waals surface area contributed by atoms with Crippen LogP contribution >= 0.6 is 0 Å². The van der Waals surface area contributed by atoms with Gasteiger partial charge in [-0.15, -0.1) is 0 Å². The zero-order valence-corrected chi connectivity index (χ0v) is 12.5. The Morgan fingerprint density at radius 3 is 2.65 bits per heavy atom. The lowest BCUT2D eigenvalue weighted by Crippen LogP contribution is -2.31. The Balaban J connectivity index is 2.24. The summed E-state index contributed by atoms with van der Waals surface area (Å²) in [5.41, 5.74) is 2.11. The number of aliphatic hydroxyl groups excluding tert-OH is 1. The van der Waals surface area contributed by atoms with Crippen molar-refractivity contribution < 1.29 is 9.84 Å². The largest absolute Gasteiger partial charge is 0.390 e. The van der Waals surface area contributed by atoms with Gasteiger partial charge in [0.2, 0.25) is 0 Å². The highest BCUT2D eigenvalue weighted by molar-refractivity contribution is 5.75. The fraction of sp³-hybridized carbons (Fsp3) is 0.562. The molecule has 20 heavy (non-hydrogen) atoms. The van der Waals surface area contributed by atoms with Gasteiger partial charge in [0.1, 0.15) is 5.82 Å². The number of benzene rings is 1. The molecule has 4 nitrogen and oxygen atoms in total. The minimum absolute atomic E-state index is 0.120. The number of hydrogen-bond donors (Lipinski definition) is 1. The van der Waals surface area contributed by atoms with Crippen molar-refractivity contribution in [2.45, 2.75) is 52.4 Å². The maximum Gasteiger partial charge on any atom is 0.112 e. The van der Waals surface area contributed by atoms with Gasteiger partial charge in [0.05, 0.1) is 23.2 Å². The van der Waals surface area contributed by atoms with Gasteiger partial charge >= 0.3 is 0 Å². The molecule has 0 radical (unpaired) electrons. The number of para-hydroxylation sites is 2. The highest BCUT2D eigenvalue weighted by atomic mass is 16.5. The van der Waals surface area contributed by atoms with Crippen molar-refractivity contribution in [3.63, 3.8) is 0 Å². The molecule has 0 amide bonds. The molecule has 1 heterocycles. The molecule has 1 N–H and O–H groups in total. The maximum atomic E-state index is 10.4. The van der Waals surface area contributed by atoms with Gasteiger partial charge in [-0.3, -0.25) is 0 Å². The Morgan fingerprint density at radius 2 is 2.00 bits per heavy atom. The predicted molar refractivity (Wildman–Crippen MR) is 80.8 cm³/mol. The fourth-order valence-corrected chi connectivity index (χ4v) is 2.67. The highest BCUT2D eigenvalue weighted by Crippen LogP contribution is 2.18. The first-order valence-corrected chi connectivity index (χ1v) is 7.45. The van der Waals surface area contributed by atoms with E-state index in [1.807, 2.05) is 32.0 Å². The molecule has 2 atom stereocenters. The lowest BCUT2D eigenvalue weighted by Gasteiger charge is -2.21. The number of ether oxygens (including phenoxy) is 1. The van der Waals surface area contributed by atoms with Gasteiger partial charge in [0.15, 0.2) is 0 Å². The molecule has 2 unspecified atom stereocenters. The first kappa shape index (κ1) is 15.0. The molecule has 1 aromatic heterocycles. The number of aryl methyl sites for hydroxylation is 1. The van der Waals surface area contributed by atoms with Gasteiger partial charge in [-0.1, -0.05) is 19.1 Å². The van der Waals surface area contributed by atoms with E-state index in [9.17, 15) is 5.11 Å². The van der Waals surface area contributed by atoms with Crippen LogP contribution in [0.2, 0.25) is 0 Å². The summed E-state index contributed by atoms with van der Waals surface area (Å²) < 4.78 is 7.75. The second-order valence-corrected chi connectivity index (χ2v) is 4.93. The van der Waals surface area contributed by atoms with Crippen molar-refractivity contribution in [3.05, 3.63) is 30.1 Å². The van der Waals surface area contributed by atoms with Gasteiger partial charge in [-0.2, -0.15) is 0 Å². The summed E-state index contributed by atoms with van der Waals surface area (Å²) >= 11 is 0. The molecule has 1 aromatic carbocycles. The van der Waals surface area contributed by atoms with Gasteiger partial charge in [-0.25, -0.2) is 4.98 Å². The average Bonchev–Trinajstić information content (AvgIpc) is 2.81. The maximum absolute atomic E-state index is 10.4. The molecule has 0 aliphatic rings. The van der Waals surface area contributed by atoms with Gasteiger partial charge in [0.25, 0.3) is 0 Å². The lowest BCUT2D eigenvalue weighted by molar-refractivity contribution is -0.0344. The van der Waals surface area contributed by atoms with Crippen LogP contribution in [0.15, 0.2) is 24.3 Å². The predicted octanol–water partition coefficient (Wildman–Crippen LogP) is 2.77. The zero-order chi connectivity index (χ0) is 14.5. The molecule has 0 spiro atoms. The van der Waals surface area contributed by atoms with Crippen LogP contribution in [-0.2, 0) is 17.7 Å². The van der Waals surface area contributed by atoms with Gasteiger partial charge in [0, 0.05) is 19.6 Å². The topological polar surface area (TPSA) is 47.3 Å². The quantitative estimate of drug-likeness (QED) is 0.846. The summed E-state index contributed by atoms with van der Waals surface area (Å²) in [5.74, 6) is 0.930. The van der Waals surface area contributed by atoms with Crippen molar-refractivity contribution in [3.8, 4) is 0 Å². The average molecular weight is 276 g/mol. The van der Waals surface area contributed by atoms with Crippen molar-refractivity contribution in [2.24, 2.45) is 0 Å². The second kappa shape index (κ2) is 6.86. The van der Waals surface area contributed by atoms with Crippen molar-refractivity contribution in [1.82, 2.24) is 9.55 Å². The van der Waals surface area contributed by atoms with E-state index in [-0.39, 0.29) is 6.10 Å². The summed E-state index contributed by atoms with van der Waals surface area (Å²) in [4.78, 5) is 4.65. The number of rotatable bonds is 7. The third-order valence-electron chi connectivity index (χ3n) is 3.65. The van der Waals surface area contributed by atoms with Crippen LogP contribution in [0.1, 0.15) is 33.0 Å². The molecule has 110 valence electrons. The van der Waals surface area contributed by atoms with Crippen LogP contribution in [0, 0.1) is 0 Å². The lowest BCUT2D eigenvalue weighted by atomic mass is 10.1. The normalized spacial score (nSPS) is 14.6. The molecule has 0 saturated heterocycles. The number of aliphatic hydroxyl groups is 1. The van der Waals surface area contributed by atoms with Crippen molar-refractivity contribution in [1.29, 1.82) is 0 Å². The van der Waals surface area contributed by atoms with E-state index in [4.69, 9.17) is 4.74 Å². The SMILES string of the molecule is CCOC(CC)C(O)Cc1nc2ccccc2n1CC. The Labute approximate surface area is 120 Å². The van der Waals surface area contributed by atoms with E-state index in [2.05, 4.69) is 22.5 Å². The van der Waals surface area contributed by atoms with Gasteiger partial charge < -0.3 is 14.4 Å². The van der Waals surface area contributed by atoms with Crippen LogP contribution < -0.4 is 0 Å². The van der Waals surface area contributed by atoms with Crippen LogP contribution in [0.3, 0.4) is 0 Å². The Morgan fingerprint density at radius 1 is 1.25 bits per heavy atom. The molecule has 4 heteroatoms. The van der Waals surface area contributed by atoms with Crippen LogP contribution in [0.4, 0.5) is 0 Å². The van der Waals surface area contributed by atoms with E-state index >= 15 is 0 Å². The summed E-state index contributed by atoms with van der Waals surface area (Å²) in [6, 6.07) is 8.09. The minimum atomic E-state index is -0.512. The summed E-state index contributed by atoms with van der Waals surface area (Å²) in [7, 11) is 0. The molecule has 0 bridgehead atoms. The standard InChI is InChI=1S/C16H24N2O2/c1-4-15(20-6-3)14(19)11-16-17-12-9-7-8-10-13(12)18(16)5-2/h7-10,14-15,19H,4-6,11H2,1-3H3. The molecule has 0 aliphatic heterocycles. The van der Waals surface area contributed by atoms with E-state index in [0.717, 1.165) is 29.8 Å². The van der Waals surface area contributed by atoms with Crippen LogP contribution in [-0.4, -0.2) is 33.5 Å².